The third-order valence-electron chi connectivity index (χ3n) is 2.98. The average Bonchev–Trinajstić information content (AvgIpc) is 2.64. The van der Waals surface area contributed by atoms with Gasteiger partial charge in [-0.3, -0.25) is 0 Å². The standard InChI is InChI=1S/C13H13BrO3/c1-4-8-10-7(3)11(14)6(2)5-9(10)17-12(8)13(15)16/h5H,4H2,1-3H3,(H,15,16). The molecule has 0 bridgehead atoms. The summed E-state index contributed by atoms with van der Waals surface area (Å²) in [5.74, 6) is -0.950. The zero-order valence-electron chi connectivity index (χ0n) is 9.93. The van der Waals surface area contributed by atoms with Gasteiger partial charge in [0.15, 0.2) is 0 Å². The molecule has 2 rings (SSSR count). The van der Waals surface area contributed by atoms with E-state index in [2.05, 4.69) is 15.9 Å². The van der Waals surface area contributed by atoms with Gasteiger partial charge in [0.25, 0.3) is 0 Å². The molecule has 0 amide bonds. The molecule has 17 heavy (non-hydrogen) atoms. The van der Waals surface area contributed by atoms with Gasteiger partial charge in [-0.1, -0.05) is 22.9 Å². The lowest BCUT2D eigenvalue weighted by molar-refractivity contribution is 0.0663. The Bertz CT molecular complexity index is 611. The van der Waals surface area contributed by atoms with Crippen LogP contribution in [-0.4, -0.2) is 11.1 Å². The topological polar surface area (TPSA) is 50.4 Å². The lowest BCUT2D eigenvalue weighted by Gasteiger charge is -2.04. The van der Waals surface area contributed by atoms with Gasteiger partial charge in [-0.15, -0.1) is 0 Å². The van der Waals surface area contributed by atoms with Crippen LogP contribution in [0.1, 0.15) is 34.2 Å². The number of aryl methyl sites for hydroxylation is 3. The number of carboxylic acids is 1. The largest absolute Gasteiger partial charge is 0.475 e. The molecule has 0 saturated carbocycles. The van der Waals surface area contributed by atoms with Crippen molar-refractivity contribution in [3.05, 3.63) is 33.0 Å². The number of carbonyl (C=O) groups is 1. The highest BCUT2D eigenvalue weighted by atomic mass is 79.9. The number of hydrogen-bond acceptors (Lipinski definition) is 2. The fraction of sp³-hybridized carbons (Fsp3) is 0.308. The molecule has 2 aromatic rings. The van der Waals surface area contributed by atoms with E-state index in [1.165, 1.54) is 0 Å². The van der Waals surface area contributed by atoms with Crippen molar-refractivity contribution in [2.24, 2.45) is 0 Å². The van der Waals surface area contributed by atoms with Crippen LogP contribution in [0.3, 0.4) is 0 Å². The minimum atomic E-state index is -1.01. The number of aromatic carboxylic acids is 1. The molecule has 0 aliphatic rings. The smallest absolute Gasteiger partial charge is 0.372 e. The van der Waals surface area contributed by atoms with Gasteiger partial charge < -0.3 is 9.52 Å². The van der Waals surface area contributed by atoms with Crippen LogP contribution in [0.25, 0.3) is 11.0 Å². The van der Waals surface area contributed by atoms with E-state index in [0.717, 1.165) is 26.5 Å². The van der Waals surface area contributed by atoms with Crippen LogP contribution in [0.5, 0.6) is 0 Å². The molecular weight excluding hydrogens is 284 g/mol. The van der Waals surface area contributed by atoms with Crippen molar-refractivity contribution >= 4 is 32.9 Å². The van der Waals surface area contributed by atoms with Crippen LogP contribution in [-0.2, 0) is 6.42 Å². The summed E-state index contributed by atoms with van der Waals surface area (Å²) in [6.45, 7) is 5.87. The Kier molecular flexibility index (Phi) is 3.00. The van der Waals surface area contributed by atoms with Crippen molar-refractivity contribution in [1.29, 1.82) is 0 Å². The van der Waals surface area contributed by atoms with Gasteiger partial charge in [0.05, 0.1) is 0 Å². The third-order valence-corrected chi connectivity index (χ3v) is 4.20. The van der Waals surface area contributed by atoms with E-state index in [1.807, 2.05) is 26.8 Å². The molecule has 0 atom stereocenters. The molecule has 1 aromatic heterocycles. The first kappa shape index (κ1) is 12.2. The summed E-state index contributed by atoms with van der Waals surface area (Å²) in [4.78, 5) is 11.1. The molecule has 0 spiro atoms. The number of carboxylic acid groups (broad SMARTS) is 1. The predicted octanol–water partition coefficient (Wildman–Crippen LogP) is 4.07. The Morgan fingerprint density at radius 3 is 2.65 bits per heavy atom. The molecule has 0 radical (unpaired) electrons. The fourth-order valence-corrected chi connectivity index (χ4v) is 2.49. The van der Waals surface area contributed by atoms with E-state index in [4.69, 9.17) is 9.52 Å². The first-order chi connectivity index (χ1) is 7.97. The molecular formula is C13H13BrO3. The van der Waals surface area contributed by atoms with Crippen molar-refractivity contribution in [1.82, 2.24) is 0 Å². The molecule has 1 N–H and O–H groups in total. The van der Waals surface area contributed by atoms with Crippen LogP contribution in [0.2, 0.25) is 0 Å². The second-order valence-corrected chi connectivity index (χ2v) is 4.87. The van der Waals surface area contributed by atoms with E-state index in [-0.39, 0.29) is 5.76 Å². The minimum Gasteiger partial charge on any atom is -0.475 e. The fourth-order valence-electron chi connectivity index (χ4n) is 2.17. The Balaban J connectivity index is 2.93. The maximum Gasteiger partial charge on any atom is 0.372 e. The van der Waals surface area contributed by atoms with E-state index >= 15 is 0 Å². The lowest BCUT2D eigenvalue weighted by Crippen LogP contribution is -1.98. The number of hydrogen-bond donors (Lipinski definition) is 1. The monoisotopic (exact) mass is 296 g/mol. The van der Waals surface area contributed by atoms with Gasteiger partial charge in [0.2, 0.25) is 5.76 Å². The van der Waals surface area contributed by atoms with E-state index in [9.17, 15) is 4.79 Å². The Labute approximate surface area is 108 Å². The maximum atomic E-state index is 11.1. The van der Waals surface area contributed by atoms with Crippen molar-refractivity contribution < 1.29 is 14.3 Å². The minimum absolute atomic E-state index is 0.0584. The summed E-state index contributed by atoms with van der Waals surface area (Å²) in [7, 11) is 0. The molecule has 0 aliphatic carbocycles. The number of benzene rings is 1. The maximum absolute atomic E-state index is 11.1. The van der Waals surface area contributed by atoms with Crippen LogP contribution in [0.15, 0.2) is 15.0 Å². The van der Waals surface area contributed by atoms with Crippen molar-refractivity contribution in [3.8, 4) is 0 Å². The van der Waals surface area contributed by atoms with E-state index in [0.29, 0.717) is 12.0 Å². The van der Waals surface area contributed by atoms with Crippen LogP contribution < -0.4 is 0 Å². The molecule has 0 saturated heterocycles. The average molecular weight is 297 g/mol. The van der Waals surface area contributed by atoms with Crippen molar-refractivity contribution in [2.75, 3.05) is 0 Å². The first-order valence-corrected chi connectivity index (χ1v) is 6.21. The lowest BCUT2D eigenvalue weighted by atomic mass is 10.0. The van der Waals surface area contributed by atoms with E-state index < -0.39 is 5.97 Å². The van der Waals surface area contributed by atoms with Crippen LogP contribution >= 0.6 is 15.9 Å². The second kappa shape index (κ2) is 4.18. The van der Waals surface area contributed by atoms with Gasteiger partial charge in [-0.2, -0.15) is 0 Å². The van der Waals surface area contributed by atoms with Gasteiger partial charge in [0, 0.05) is 15.4 Å². The number of fused-ring (bicyclic) bond motifs is 1. The zero-order valence-corrected chi connectivity index (χ0v) is 11.5. The van der Waals surface area contributed by atoms with Crippen molar-refractivity contribution in [3.63, 3.8) is 0 Å². The highest BCUT2D eigenvalue weighted by molar-refractivity contribution is 9.10. The highest BCUT2D eigenvalue weighted by Crippen LogP contribution is 2.35. The quantitative estimate of drug-likeness (QED) is 0.909. The molecule has 1 aromatic carbocycles. The first-order valence-electron chi connectivity index (χ1n) is 5.41. The predicted molar refractivity (Wildman–Crippen MR) is 69.7 cm³/mol. The van der Waals surface area contributed by atoms with E-state index in [1.54, 1.807) is 0 Å². The molecule has 0 aliphatic heterocycles. The molecule has 3 nitrogen and oxygen atoms in total. The number of rotatable bonds is 2. The SMILES string of the molecule is CCc1c(C(=O)O)oc2cc(C)c(Br)c(C)c12. The second-order valence-electron chi connectivity index (χ2n) is 4.07. The van der Waals surface area contributed by atoms with Gasteiger partial charge in [-0.05, 0) is 37.5 Å². The molecule has 4 heteroatoms. The molecule has 0 unspecified atom stereocenters. The number of halogens is 1. The Morgan fingerprint density at radius 1 is 1.47 bits per heavy atom. The Morgan fingerprint density at radius 2 is 2.12 bits per heavy atom. The Hall–Kier alpha value is -1.29. The third kappa shape index (κ3) is 1.76. The summed E-state index contributed by atoms with van der Waals surface area (Å²) in [5.41, 5.74) is 3.50. The molecule has 1 heterocycles. The van der Waals surface area contributed by atoms with Gasteiger partial charge in [-0.25, -0.2) is 4.79 Å². The van der Waals surface area contributed by atoms with Crippen LogP contribution in [0, 0.1) is 13.8 Å². The highest BCUT2D eigenvalue weighted by Gasteiger charge is 2.21. The van der Waals surface area contributed by atoms with Crippen molar-refractivity contribution in [2.45, 2.75) is 27.2 Å². The van der Waals surface area contributed by atoms with Gasteiger partial charge in [0.1, 0.15) is 5.58 Å². The zero-order chi connectivity index (χ0) is 12.7. The molecule has 0 fully saturated rings. The molecule has 90 valence electrons. The normalized spacial score (nSPS) is 11.1. The summed E-state index contributed by atoms with van der Waals surface area (Å²) in [6.07, 6.45) is 0.644. The van der Waals surface area contributed by atoms with Crippen LogP contribution in [0.4, 0.5) is 0 Å². The summed E-state index contributed by atoms with van der Waals surface area (Å²) < 4.78 is 6.46. The van der Waals surface area contributed by atoms with Gasteiger partial charge >= 0.3 is 5.97 Å². The number of furan rings is 1. The summed E-state index contributed by atoms with van der Waals surface area (Å²) in [5, 5.41) is 10.0. The summed E-state index contributed by atoms with van der Waals surface area (Å²) >= 11 is 3.52. The summed E-state index contributed by atoms with van der Waals surface area (Å²) in [6, 6.07) is 1.87.